The van der Waals surface area contributed by atoms with Crippen LogP contribution in [-0.2, 0) is 27.3 Å². The topological polar surface area (TPSA) is 74.3 Å². The van der Waals surface area contributed by atoms with E-state index in [0.717, 1.165) is 16.7 Å². The Morgan fingerprint density at radius 1 is 0.828 bits per heavy atom. The molecule has 0 aliphatic rings. The summed E-state index contributed by atoms with van der Waals surface area (Å²) in [5.74, 6) is 0. The second-order valence-electron chi connectivity index (χ2n) is 6.19. The quantitative estimate of drug-likeness (QED) is 0.340. The minimum absolute atomic E-state index is 0. The fourth-order valence-corrected chi connectivity index (χ4v) is 3.92. The van der Waals surface area contributed by atoms with Crippen molar-refractivity contribution < 1.29 is 25.7 Å². The molecule has 0 unspecified atom stereocenters. The Hall–Kier alpha value is -1.56. The number of nitrogens with zero attached hydrogens (tertiary/aromatic N) is 1. The number of aryl methyl sites for hydroxylation is 1. The Labute approximate surface area is 188 Å². The molecule has 0 aromatic heterocycles. The summed E-state index contributed by atoms with van der Waals surface area (Å²) in [6, 6.07) is 24.1. The third-order valence-corrected chi connectivity index (χ3v) is 5.61. The van der Waals surface area contributed by atoms with Gasteiger partial charge in [0.2, 0.25) is 0 Å². The molecule has 0 amide bonds. The van der Waals surface area contributed by atoms with Gasteiger partial charge in [-0.25, -0.2) is 8.42 Å². The van der Waals surface area contributed by atoms with Crippen molar-refractivity contribution in [2.75, 3.05) is 0 Å². The van der Waals surface area contributed by atoms with Crippen molar-refractivity contribution in [2.45, 2.75) is 23.9 Å². The number of nitrogens with two attached hydrogens (primary N) is 1. The molecule has 0 aliphatic heterocycles. The Morgan fingerprint density at radius 2 is 1.28 bits per heavy atom. The summed E-state index contributed by atoms with van der Waals surface area (Å²) < 4.78 is 29.9. The Balaban J connectivity index is 0.00000136. The van der Waals surface area contributed by atoms with Gasteiger partial charge < -0.3 is 17.9 Å². The van der Waals surface area contributed by atoms with E-state index in [-0.39, 0.29) is 12.3 Å². The SMILES string of the molecule is Cc1ccc(S(=O)(=O)[N-][C@@H](c2ccccc2)[C@@H](N)c2ccccc2)cc1.[CH3-].[Cl][Ru+3]. The van der Waals surface area contributed by atoms with Crippen LogP contribution in [0.1, 0.15) is 28.8 Å². The summed E-state index contributed by atoms with van der Waals surface area (Å²) >= 11 is 1.82. The van der Waals surface area contributed by atoms with Gasteiger partial charge >= 0.3 is 27.0 Å². The summed E-state index contributed by atoms with van der Waals surface area (Å²) in [5.41, 5.74) is 9.01. The number of hydrogen-bond acceptors (Lipinski definition) is 3. The molecule has 0 heterocycles. The second-order valence-corrected chi connectivity index (χ2v) is 7.82. The summed E-state index contributed by atoms with van der Waals surface area (Å²) in [4.78, 5) is 0.171. The monoisotopic (exact) mass is 517 g/mol. The normalized spacial score (nSPS) is 12.7. The third-order valence-electron chi connectivity index (χ3n) is 4.24. The molecule has 0 fully saturated rings. The van der Waals surface area contributed by atoms with Crippen LogP contribution >= 0.6 is 9.69 Å². The van der Waals surface area contributed by atoms with Crippen molar-refractivity contribution in [2.24, 2.45) is 5.73 Å². The molecule has 7 heteroatoms. The van der Waals surface area contributed by atoms with Crippen molar-refractivity contribution in [1.29, 1.82) is 0 Å². The third kappa shape index (κ3) is 7.02. The van der Waals surface area contributed by atoms with Gasteiger partial charge in [0.25, 0.3) is 0 Å². The molecule has 4 nitrogen and oxygen atoms in total. The summed E-state index contributed by atoms with van der Waals surface area (Å²) in [6.45, 7) is 1.91. The molecule has 29 heavy (non-hydrogen) atoms. The zero-order chi connectivity index (χ0) is 20.6. The number of hydrogen-bond donors (Lipinski definition) is 1. The van der Waals surface area contributed by atoms with Crippen LogP contribution in [0.3, 0.4) is 0 Å². The molecule has 0 aliphatic carbocycles. The first-order chi connectivity index (χ1) is 13.5. The van der Waals surface area contributed by atoms with Crippen LogP contribution in [0.25, 0.3) is 4.72 Å². The first-order valence-electron chi connectivity index (χ1n) is 8.50. The summed E-state index contributed by atoms with van der Waals surface area (Å²) in [7, 11) is 0.736. The number of benzene rings is 3. The van der Waals surface area contributed by atoms with Gasteiger partial charge in [-0.3, -0.25) is 0 Å². The van der Waals surface area contributed by atoms with Gasteiger partial charge in [-0.15, -0.1) is 0 Å². The van der Waals surface area contributed by atoms with Gasteiger partial charge in [0.15, 0.2) is 0 Å². The molecule has 0 radical (unpaired) electrons. The first kappa shape index (κ1) is 25.5. The van der Waals surface area contributed by atoms with Gasteiger partial charge in [0.05, 0.1) is 0 Å². The Kier molecular flexibility index (Phi) is 10.7. The van der Waals surface area contributed by atoms with Crippen LogP contribution in [0, 0.1) is 14.4 Å². The van der Waals surface area contributed by atoms with E-state index < -0.39 is 22.1 Å². The van der Waals surface area contributed by atoms with Crippen LogP contribution in [0.15, 0.2) is 89.8 Å². The average Bonchev–Trinajstić information content (AvgIpc) is 2.74. The summed E-state index contributed by atoms with van der Waals surface area (Å²) in [5, 5.41) is 0. The molecule has 2 atom stereocenters. The van der Waals surface area contributed by atoms with Crippen molar-refractivity contribution >= 4 is 19.7 Å². The van der Waals surface area contributed by atoms with Crippen molar-refractivity contribution in [1.82, 2.24) is 0 Å². The number of sulfonamides is 1. The van der Waals surface area contributed by atoms with E-state index in [2.05, 4.69) is 14.4 Å². The summed E-state index contributed by atoms with van der Waals surface area (Å²) in [6.07, 6.45) is 0. The molecule has 0 saturated carbocycles. The van der Waals surface area contributed by atoms with Crippen molar-refractivity contribution in [3.05, 3.63) is 114 Å². The van der Waals surface area contributed by atoms with E-state index in [1.807, 2.05) is 84.9 Å². The maximum atomic E-state index is 12.8. The van der Waals surface area contributed by atoms with Gasteiger partial charge in [0, 0.05) is 10.9 Å². The molecule has 0 saturated heterocycles. The van der Waals surface area contributed by atoms with E-state index in [4.69, 9.17) is 5.73 Å². The van der Waals surface area contributed by atoms with E-state index in [9.17, 15) is 8.42 Å². The standard InChI is InChI=1S/C21H21N2O2S.CH3.ClH.Ru/c1-16-12-14-19(15-13-16)26(24,25)23-21(18-10-6-3-7-11-18)20(22)17-8-4-2-5-9-17;;;/h2-15,20-21H,22H2,1H3;1H3;1H;/q2*-1;;+4/p-1/t20-,21-;;;/m0.../s1. The van der Waals surface area contributed by atoms with Gasteiger partial charge in [-0.2, -0.15) is 0 Å². The van der Waals surface area contributed by atoms with Crippen LogP contribution in [0.5, 0.6) is 0 Å². The average molecular weight is 517 g/mol. The molecule has 154 valence electrons. The molecular weight excluding hydrogens is 493 g/mol. The van der Waals surface area contributed by atoms with Gasteiger partial charge in [0.1, 0.15) is 10.0 Å². The fourth-order valence-electron chi connectivity index (χ4n) is 2.76. The van der Waals surface area contributed by atoms with E-state index in [1.54, 1.807) is 24.3 Å². The van der Waals surface area contributed by atoms with Crippen molar-refractivity contribution in [3.8, 4) is 0 Å². The van der Waals surface area contributed by atoms with Crippen molar-refractivity contribution in [3.63, 3.8) is 0 Å². The Bertz CT molecular complexity index is 953. The van der Waals surface area contributed by atoms with Crippen LogP contribution in [0.2, 0.25) is 0 Å². The second kappa shape index (κ2) is 12.2. The van der Waals surface area contributed by atoms with E-state index in [1.165, 1.54) is 0 Å². The predicted octanol–water partition coefficient (Wildman–Crippen LogP) is 5.64. The van der Waals surface area contributed by atoms with Crippen LogP contribution < -0.4 is 5.73 Å². The van der Waals surface area contributed by atoms with Crippen LogP contribution in [-0.4, -0.2) is 8.42 Å². The Morgan fingerprint density at radius 3 is 1.76 bits per heavy atom. The number of halogens is 1. The van der Waals surface area contributed by atoms with Gasteiger partial charge in [-0.1, -0.05) is 90.0 Å². The molecule has 0 bridgehead atoms. The minimum atomic E-state index is -3.83. The van der Waals surface area contributed by atoms with Crippen LogP contribution in [0.4, 0.5) is 0 Å². The molecule has 3 rings (SSSR count). The fraction of sp³-hybridized carbons (Fsp3) is 0.136. The molecule has 3 aromatic carbocycles. The zero-order valence-corrected chi connectivity index (χ0v) is 19.5. The van der Waals surface area contributed by atoms with E-state index >= 15 is 0 Å². The number of rotatable bonds is 6. The molecular formula is C22H24ClN2O2RuS+. The molecule has 0 spiro atoms. The molecule has 3 aromatic rings. The predicted molar refractivity (Wildman–Crippen MR) is 117 cm³/mol. The first-order valence-corrected chi connectivity index (χ1v) is 12.2. The van der Waals surface area contributed by atoms with Gasteiger partial charge in [-0.05, 0) is 24.6 Å². The maximum absolute atomic E-state index is 12.8. The zero-order valence-electron chi connectivity index (χ0n) is 16.2. The van der Waals surface area contributed by atoms with E-state index in [0.29, 0.717) is 0 Å². The molecule has 2 N–H and O–H groups in total.